The first-order chi connectivity index (χ1) is 8.72. The lowest BCUT2D eigenvalue weighted by atomic mass is 9.83. The van der Waals surface area contributed by atoms with E-state index in [0.29, 0.717) is 0 Å². The molecule has 0 saturated heterocycles. The Balaban J connectivity index is 2.21. The highest BCUT2D eigenvalue weighted by Gasteiger charge is 2.27. The summed E-state index contributed by atoms with van der Waals surface area (Å²) in [6, 6.07) is 2.44. The molecule has 102 valence electrons. The first-order valence-corrected chi connectivity index (χ1v) is 8.89. The van der Waals surface area contributed by atoms with Crippen molar-refractivity contribution in [1.82, 2.24) is 0 Å². The van der Waals surface area contributed by atoms with Gasteiger partial charge in [-0.05, 0) is 31.6 Å². The number of hydrogen-bond acceptors (Lipinski definition) is 1. The van der Waals surface area contributed by atoms with Gasteiger partial charge in [-0.25, -0.2) is 0 Å². The maximum atomic E-state index is 3.65. The Morgan fingerprint density at radius 3 is 2.61 bits per heavy atom. The summed E-state index contributed by atoms with van der Waals surface area (Å²) in [6.07, 6.45) is 8.44. The summed E-state index contributed by atoms with van der Waals surface area (Å²) in [5.74, 6) is 1.63. The molecule has 1 aromatic heterocycles. The van der Waals surface area contributed by atoms with Crippen molar-refractivity contribution in [2.24, 2.45) is 5.92 Å². The molecule has 1 atom stereocenters. The number of rotatable bonds is 5. The summed E-state index contributed by atoms with van der Waals surface area (Å²) < 4.78 is 3.65. The van der Waals surface area contributed by atoms with Gasteiger partial charge in [-0.15, -0.1) is 4.72 Å². The fourth-order valence-corrected chi connectivity index (χ4v) is 5.12. The first-order valence-electron chi connectivity index (χ1n) is 7.60. The van der Waals surface area contributed by atoms with Crippen LogP contribution >= 0.6 is 10.7 Å². The summed E-state index contributed by atoms with van der Waals surface area (Å²) in [6.45, 7) is 7.98. The predicted octanol–water partition coefficient (Wildman–Crippen LogP) is 5.25. The summed E-state index contributed by atoms with van der Waals surface area (Å²) in [5, 5.41) is 2.42. The molecule has 0 bridgehead atoms. The molecule has 2 heteroatoms. The van der Waals surface area contributed by atoms with Crippen LogP contribution in [-0.4, -0.2) is 6.54 Å². The van der Waals surface area contributed by atoms with Crippen LogP contribution in [0.25, 0.3) is 0 Å². The van der Waals surface area contributed by atoms with Crippen LogP contribution in [0.3, 0.4) is 0 Å². The van der Waals surface area contributed by atoms with Crippen LogP contribution in [0.15, 0.2) is 11.4 Å². The van der Waals surface area contributed by atoms with E-state index in [-0.39, 0.29) is 10.7 Å². The van der Waals surface area contributed by atoms with E-state index in [2.05, 4.69) is 36.9 Å². The fourth-order valence-electron chi connectivity index (χ4n) is 3.09. The van der Waals surface area contributed by atoms with E-state index in [1.54, 1.807) is 10.4 Å². The van der Waals surface area contributed by atoms with Gasteiger partial charge in [0.05, 0.1) is 10.7 Å². The normalized spacial score (nSPS) is 18.6. The Hall–Kier alpha value is -0.340. The van der Waals surface area contributed by atoms with Gasteiger partial charge >= 0.3 is 0 Å². The van der Waals surface area contributed by atoms with Gasteiger partial charge in [0.1, 0.15) is 0 Å². The summed E-state index contributed by atoms with van der Waals surface area (Å²) in [5.41, 5.74) is 1.70. The molecule has 1 nitrogen and oxygen atoms in total. The van der Waals surface area contributed by atoms with E-state index in [1.165, 1.54) is 38.5 Å². The van der Waals surface area contributed by atoms with Crippen molar-refractivity contribution >= 4 is 10.7 Å². The van der Waals surface area contributed by atoms with Crippen LogP contribution in [0.5, 0.6) is 0 Å². The van der Waals surface area contributed by atoms with Crippen LogP contribution in [0, 0.1) is 5.92 Å². The van der Waals surface area contributed by atoms with Crippen molar-refractivity contribution < 1.29 is 0 Å². The molecule has 0 aromatic carbocycles. The molecule has 1 unspecified atom stereocenters. The smallest absolute Gasteiger partial charge is 0.118 e. The van der Waals surface area contributed by atoms with E-state index in [1.807, 2.05) is 0 Å². The Labute approximate surface area is 115 Å². The average Bonchev–Trinajstić information content (AvgIpc) is 2.73. The second-order valence-corrected chi connectivity index (χ2v) is 7.68. The van der Waals surface area contributed by atoms with Crippen LogP contribution in [0.1, 0.15) is 69.2 Å². The van der Waals surface area contributed by atoms with Crippen LogP contribution < -0.4 is 4.72 Å². The van der Waals surface area contributed by atoms with Crippen molar-refractivity contribution in [2.45, 2.75) is 65.2 Å². The summed E-state index contributed by atoms with van der Waals surface area (Å²) in [7, 11) is 0.232. The minimum Gasteiger partial charge on any atom is -0.118 e. The zero-order chi connectivity index (χ0) is 13.0. The Morgan fingerprint density at radius 2 is 2.00 bits per heavy atom. The standard InChI is InChI=1S/C16H28NS/c1-4-17-18-11-10-15(16(18)12-13(2)3)14-8-6-5-7-9-14/h10-11,13-14,17H,4-9,12H2,1-3H3/q+1. The van der Waals surface area contributed by atoms with Crippen molar-refractivity contribution in [3.8, 4) is 0 Å². The van der Waals surface area contributed by atoms with Gasteiger partial charge in [0, 0.05) is 24.6 Å². The molecule has 0 amide bonds. The molecule has 0 aliphatic heterocycles. The maximum Gasteiger partial charge on any atom is 0.175 e. The molecule has 2 rings (SSSR count). The molecule has 0 spiro atoms. The third-order valence-corrected chi connectivity index (χ3v) is 5.85. The summed E-state index contributed by atoms with van der Waals surface area (Å²) >= 11 is 0. The summed E-state index contributed by atoms with van der Waals surface area (Å²) in [4.78, 5) is 1.72. The predicted molar refractivity (Wildman–Crippen MR) is 83.2 cm³/mol. The highest BCUT2D eigenvalue weighted by Crippen LogP contribution is 2.40. The highest BCUT2D eigenvalue weighted by molar-refractivity contribution is 7.31. The van der Waals surface area contributed by atoms with Gasteiger partial charge in [-0.2, -0.15) is 0 Å². The Kier molecular flexibility index (Phi) is 5.25. The molecule has 1 N–H and O–H groups in total. The molecular formula is C16H28NS+. The second-order valence-electron chi connectivity index (χ2n) is 5.95. The molecule has 1 aromatic rings. The van der Waals surface area contributed by atoms with Gasteiger partial charge in [0.2, 0.25) is 0 Å². The Morgan fingerprint density at radius 1 is 1.28 bits per heavy atom. The monoisotopic (exact) mass is 266 g/mol. The van der Waals surface area contributed by atoms with Gasteiger partial charge in [0.15, 0.2) is 10.3 Å². The molecule has 18 heavy (non-hydrogen) atoms. The second kappa shape index (κ2) is 6.72. The van der Waals surface area contributed by atoms with E-state index < -0.39 is 0 Å². The van der Waals surface area contributed by atoms with E-state index >= 15 is 0 Å². The van der Waals surface area contributed by atoms with Gasteiger partial charge in [0.25, 0.3) is 0 Å². The van der Waals surface area contributed by atoms with E-state index in [9.17, 15) is 0 Å². The number of thiophene rings is 1. The molecule has 1 saturated carbocycles. The minimum absolute atomic E-state index is 0.232. The molecular weight excluding hydrogens is 238 g/mol. The third-order valence-electron chi connectivity index (χ3n) is 3.91. The molecule has 1 aliphatic rings. The van der Waals surface area contributed by atoms with Crippen molar-refractivity contribution in [3.63, 3.8) is 0 Å². The molecule has 1 fully saturated rings. The lowest BCUT2D eigenvalue weighted by Gasteiger charge is -2.21. The lowest BCUT2D eigenvalue weighted by molar-refractivity contribution is 0.441. The highest BCUT2D eigenvalue weighted by atomic mass is 32.2. The largest absolute Gasteiger partial charge is 0.175 e. The van der Waals surface area contributed by atoms with Crippen LogP contribution in [0.4, 0.5) is 0 Å². The molecule has 1 aliphatic carbocycles. The van der Waals surface area contributed by atoms with Gasteiger partial charge in [-0.3, -0.25) is 0 Å². The van der Waals surface area contributed by atoms with Gasteiger partial charge in [-0.1, -0.05) is 33.1 Å². The van der Waals surface area contributed by atoms with Gasteiger partial charge < -0.3 is 0 Å². The van der Waals surface area contributed by atoms with Crippen molar-refractivity contribution in [2.75, 3.05) is 11.3 Å². The van der Waals surface area contributed by atoms with Crippen LogP contribution in [-0.2, 0) is 6.42 Å². The maximum absolute atomic E-state index is 3.65. The first kappa shape index (κ1) is 14.1. The number of hydrogen-bond donors (Lipinski definition) is 1. The van der Waals surface area contributed by atoms with E-state index in [0.717, 1.165) is 18.4 Å². The van der Waals surface area contributed by atoms with Crippen LogP contribution in [0.2, 0.25) is 0 Å². The SMILES string of the molecule is CCN[s+]1ccc(C2CCCCC2)c1CC(C)C. The number of nitrogens with one attached hydrogen (secondary N) is 1. The minimum atomic E-state index is 0.232. The van der Waals surface area contributed by atoms with Crippen molar-refractivity contribution in [1.29, 1.82) is 0 Å². The quantitative estimate of drug-likeness (QED) is 0.718. The third kappa shape index (κ3) is 3.36. The topological polar surface area (TPSA) is 12.0 Å². The van der Waals surface area contributed by atoms with E-state index in [4.69, 9.17) is 0 Å². The zero-order valence-electron chi connectivity index (χ0n) is 12.2. The zero-order valence-corrected chi connectivity index (χ0v) is 13.0. The molecule has 0 radical (unpaired) electrons. The average molecular weight is 266 g/mol. The van der Waals surface area contributed by atoms with Crippen molar-refractivity contribution in [3.05, 3.63) is 21.9 Å². The Bertz CT molecular complexity index is 361. The lowest BCUT2D eigenvalue weighted by Crippen LogP contribution is -2.08. The molecule has 1 heterocycles. The fraction of sp³-hybridized carbons (Fsp3) is 0.750.